The molecule has 1 aliphatic heterocycles. The first-order valence-electron chi connectivity index (χ1n) is 7.29. The number of carbonyl (C=O) groups is 1. The van der Waals surface area contributed by atoms with Crippen molar-refractivity contribution < 1.29 is 14.3 Å². The number of hydrogen-bond donors (Lipinski definition) is 2. The SMILES string of the molecule is COc1cc(CNC(=O)C2(OC)CCNCC2)ccc1C.Cl. The normalized spacial score (nSPS) is 16.5. The molecule has 2 N–H and O–H groups in total. The van der Waals surface area contributed by atoms with E-state index >= 15 is 0 Å². The third-order valence-corrected chi connectivity index (χ3v) is 4.14. The molecule has 1 aliphatic rings. The van der Waals surface area contributed by atoms with Gasteiger partial charge in [-0.15, -0.1) is 12.4 Å². The Labute approximate surface area is 138 Å². The minimum Gasteiger partial charge on any atom is -0.496 e. The van der Waals surface area contributed by atoms with Crippen molar-refractivity contribution in [2.45, 2.75) is 31.9 Å². The predicted molar refractivity (Wildman–Crippen MR) is 88.7 cm³/mol. The van der Waals surface area contributed by atoms with E-state index in [1.165, 1.54) is 0 Å². The Kier molecular flexibility index (Phi) is 7.13. The van der Waals surface area contributed by atoms with E-state index in [9.17, 15) is 4.79 Å². The summed E-state index contributed by atoms with van der Waals surface area (Å²) in [6, 6.07) is 5.95. The molecule has 0 aromatic heterocycles. The number of amides is 1. The number of piperidine rings is 1. The molecule has 22 heavy (non-hydrogen) atoms. The molecule has 2 rings (SSSR count). The van der Waals surface area contributed by atoms with Crippen molar-refractivity contribution in [3.05, 3.63) is 29.3 Å². The lowest BCUT2D eigenvalue weighted by Crippen LogP contribution is -2.53. The number of carbonyl (C=O) groups excluding carboxylic acids is 1. The topological polar surface area (TPSA) is 59.6 Å². The number of ether oxygens (including phenoxy) is 2. The first-order valence-corrected chi connectivity index (χ1v) is 7.29. The summed E-state index contributed by atoms with van der Waals surface area (Å²) in [5.74, 6) is 0.802. The van der Waals surface area contributed by atoms with Crippen LogP contribution in [0.3, 0.4) is 0 Å². The highest BCUT2D eigenvalue weighted by Crippen LogP contribution is 2.23. The number of aryl methyl sites for hydroxylation is 1. The lowest BCUT2D eigenvalue weighted by atomic mass is 9.91. The van der Waals surface area contributed by atoms with Gasteiger partial charge in [0.05, 0.1) is 7.11 Å². The standard InChI is InChI=1S/C16H24N2O3.ClH/c1-12-4-5-13(10-14(12)20-2)11-18-15(19)16(21-3)6-8-17-9-7-16;/h4-5,10,17H,6-9,11H2,1-3H3,(H,18,19);1H. The molecule has 1 fully saturated rings. The number of rotatable bonds is 5. The van der Waals surface area contributed by atoms with Crippen molar-refractivity contribution in [1.82, 2.24) is 10.6 Å². The molecule has 0 bridgehead atoms. The van der Waals surface area contributed by atoms with Crippen molar-refractivity contribution in [2.75, 3.05) is 27.3 Å². The lowest BCUT2D eigenvalue weighted by molar-refractivity contribution is -0.146. The maximum atomic E-state index is 12.5. The molecule has 0 saturated carbocycles. The van der Waals surface area contributed by atoms with Gasteiger partial charge in [0.25, 0.3) is 5.91 Å². The van der Waals surface area contributed by atoms with Crippen LogP contribution in [0.2, 0.25) is 0 Å². The van der Waals surface area contributed by atoms with E-state index in [0.717, 1.165) is 30.0 Å². The second-order valence-electron chi connectivity index (χ2n) is 5.44. The Morgan fingerprint density at radius 1 is 1.32 bits per heavy atom. The van der Waals surface area contributed by atoms with E-state index in [1.807, 2.05) is 25.1 Å². The first-order chi connectivity index (χ1) is 10.1. The minimum atomic E-state index is -0.694. The molecular weight excluding hydrogens is 304 g/mol. The molecule has 124 valence electrons. The summed E-state index contributed by atoms with van der Waals surface area (Å²) < 4.78 is 10.8. The lowest BCUT2D eigenvalue weighted by Gasteiger charge is -2.34. The van der Waals surface area contributed by atoms with Gasteiger partial charge in [-0.2, -0.15) is 0 Å². The van der Waals surface area contributed by atoms with Gasteiger partial charge in [0.1, 0.15) is 11.4 Å². The van der Waals surface area contributed by atoms with Crippen LogP contribution in [0.25, 0.3) is 0 Å². The van der Waals surface area contributed by atoms with Crippen molar-refractivity contribution >= 4 is 18.3 Å². The van der Waals surface area contributed by atoms with Crippen molar-refractivity contribution in [3.63, 3.8) is 0 Å². The Balaban J connectivity index is 0.00000242. The zero-order chi connectivity index (χ0) is 15.3. The smallest absolute Gasteiger partial charge is 0.252 e. The molecule has 0 atom stereocenters. The fourth-order valence-electron chi connectivity index (χ4n) is 2.67. The number of nitrogens with one attached hydrogen (secondary N) is 2. The highest BCUT2D eigenvalue weighted by Gasteiger charge is 2.39. The van der Waals surface area contributed by atoms with Crippen LogP contribution in [0.5, 0.6) is 5.75 Å². The first kappa shape index (κ1) is 18.7. The molecule has 0 unspecified atom stereocenters. The van der Waals surface area contributed by atoms with E-state index in [0.29, 0.717) is 19.4 Å². The van der Waals surface area contributed by atoms with Crippen LogP contribution < -0.4 is 15.4 Å². The number of halogens is 1. The third kappa shape index (κ3) is 4.12. The summed E-state index contributed by atoms with van der Waals surface area (Å²) >= 11 is 0. The van der Waals surface area contributed by atoms with Crippen molar-refractivity contribution in [2.24, 2.45) is 0 Å². The van der Waals surface area contributed by atoms with Crippen LogP contribution in [-0.4, -0.2) is 38.8 Å². The summed E-state index contributed by atoms with van der Waals surface area (Å²) in [5, 5.41) is 6.23. The molecule has 0 spiro atoms. The van der Waals surface area contributed by atoms with Gasteiger partial charge in [0.2, 0.25) is 0 Å². The molecule has 0 radical (unpaired) electrons. The summed E-state index contributed by atoms with van der Waals surface area (Å²) in [6.07, 6.45) is 1.40. The summed E-state index contributed by atoms with van der Waals surface area (Å²) in [5.41, 5.74) is 1.41. The van der Waals surface area contributed by atoms with Crippen molar-refractivity contribution in [3.8, 4) is 5.75 Å². The van der Waals surface area contributed by atoms with Gasteiger partial charge in [-0.1, -0.05) is 12.1 Å². The Hall–Kier alpha value is -1.30. The fraction of sp³-hybridized carbons (Fsp3) is 0.562. The molecule has 6 heteroatoms. The highest BCUT2D eigenvalue weighted by atomic mass is 35.5. The highest BCUT2D eigenvalue weighted by molar-refractivity contribution is 5.85. The average molecular weight is 329 g/mol. The molecule has 1 amide bonds. The van der Waals surface area contributed by atoms with Crippen LogP contribution >= 0.6 is 12.4 Å². The van der Waals surface area contributed by atoms with Crippen LogP contribution in [-0.2, 0) is 16.1 Å². The monoisotopic (exact) mass is 328 g/mol. The maximum absolute atomic E-state index is 12.5. The largest absolute Gasteiger partial charge is 0.496 e. The van der Waals surface area contributed by atoms with Crippen LogP contribution in [0, 0.1) is 6.92 Å². The quantitative estimate of drug-likeness (QED) is 0.865. The van der Waals surface area contributed by atoms with Gasteiger partial charge in [-0.25, -0.2) is 0 Å². The van der Waals surface area contributed by atoms with Gasteiger partial charge in [-0.05, 0) is 50.0 Å². The van der Waals surface area contributed by atoms with E-state index in [2.05, 4.69) is 10.6 Å². The number of methoxy groups -OCH3 is 2. The molecule has 1 heterocycles. The number of benzene rings is 1. The number of hydrogen-bond acceptors (Lipinski definition) is 4. The Morgan fingerprint density at radius 2 is 2.00 bits per heavy atom. The zero-order valence-corrected chi connectivity index (χ0v) is 14.2. The molecule has 5 nitrogen and oxygen atoms in total. The van der Waals surface area contributed by atoms with E-state index in [-0.39, 0.29) is 18.3 Å². The molecule has 1 aromatic carbocycles. The van der Waals surface area contributed by atoms with Gasteiger partial charge < -0.3 is 20.1 Å². The molecular formula is C16H25ClN2O3. The summed E-state index contributed by atoms with van der Waals surface area (Å²) in [6.45, 7) is 4.09. The van der Waals surface area contributed by atoms with E-state index in [4.69, 9.17) is 9.47 Å². The van der Waals surface area contributed by atoms with Gasteiger partial charge in [0, 0.05) is 13.7 Å². The molecule has 1 aromatic rings. The third-order valence-electron chi connectivity index (χ3n) is 4.14. The van der Waals surface area contributed by atoms with E-state index < -0.39 is 5.60 Å². The summed E-state index contributed by atoms with van der Waals surface area (Å²) in [4.78, 5) is 12.5. The van der Waals surface area contributed by atoms with Gasteiger partial charge in [-0.3, -0.25) is 4.79 Å². The maximum Gasteiger partial charge on any atom is 0.252 e. The molecule has 0 aliphatic carbocycles. The van der Waals surface area contributed by atoms with Gasteiger partial charge >= 0.3 is 0 Å². The predicted octanol–water partition coefficient (Wildman–Crippen LogP) is 1.81. The van der Waals surface area contributed by atoms with Crippen LogP contribution in [0.15, 0.2) is 18.2 Å². The van der Waals surface area contributed by atoms with Crippen LogP contribution in [0.4, 0.5) is 0 Å². The minimum absolute atomic E-state index is 0. The Bertz CT molecular complexity index is 502. The second-order valence-corrected chi connectivity index (χ2v) is 5.44. The second kappa shape index (κ2) is 8.36. The van der Waals surface area contributed by atoms with Crippen LogP contribution in [0.1, 0.15) is 24.0 Å². The summed E-state index contributed by atoms with van der Waals surface area (Å²) in [7, 11) is 3.26. The Morgan fingerprint density at radius 3 is 2.59 bits per heavy atom. The van der Waals surface area contributed by atoms with Gasteiger partial charge in [0.15, 0.2) is 0 Å². The zero-order valence-electron chi connectivity index (χ0n) is 13.4. The average Bonchev–Trinajstić information content (AvgIpc) is 2.54. The molecule has 1 saturated heterocycles. The fourth-order valence-corrected chi connectivity index (χ4v) is 2.67. The van der Waals surface area contributed by atoms with Crippen molar-refractivity contribution in [1.29, 1.82) is 0 Å². The van der Waals surface area contributed by atoms with E-state index in [1.54, 1.807) is 14.2 Å².